The van der Waals surface area contributed by atoms with E-state index in [2.05, 4.69) is 0 Å². The molecule has 0 aliphatic heterocycles. The fourth-order valence-corrected chi connectivity index (χ4v) is 2.06. The summed E-state index contributed by atoms with van der Waals surface area (Å²) in [5, 5.41) is 0. The number of hydrogen-bond acceptors (Lipinski definition) is 3. The number of benzene rings is 2. The zero-order valence-electron chi connectivity index (χ0n) is 11.6. The molecule has 4 heteroatoms. The van der Waals surface area contributed by atoms with Crippen molar-refractivity contribution in [3.8, 4) is 5.75 Å². The van der Waals surface area contributed by atoms with Crippen molar-refractivity contribution >= 4 is 11.6 Å². The van der Waals surface area contributed by atoms with E-state index in [4.69, 9.17) is 16.2 Å². The van der Waals surface area contributed by atoms with Gasteiger partial charge in [-0.1, -0.05) is 24.3 Å². The molecule has 2 rings (SSSR count). The summed E-state index contributed by atoms with van der Waals surface area (Å²) < 4.78 is 5.84. The summed E-state index contributed by atoms with van der Waals surface area (Å²) >= 11 is 0. The van der Waals surface area contributed by atoms with E-state index in [0.717, 1.165) is 22.4 Å². The highest BCUT2D eigenvalue weighted by atomic mass is 16.5. The lowest BCUT2D eigenvalue weighted by Gasteiger charge is -2.13. The lowest BCUT2D eigenvalue weighted by atomic mass is 10.1. The summed E-state index contributed by atoms with van der Waals surface area (Å²) in [6.45, 7) is 4.36. The van der Waals surface area contributed by atoms with Crippen LogP contribution >= 0.6 is 0 Å². The monoisotopic (exact) mass is 270 g/mol. The first-order valence-electron chi connectivity index (χ1n) is 6.36. The number of nitrogen functional groups attached to an aromatic ring is 1. The zero-order chi connectivity index (χ0) is 14.7. The van der Waals surface area contributed by atoms with Gasteiger partial charge in [-0.15, -0.1) is 0 Å². The highest BCUT2D eigenvalue weighted by molar-refractivity contribution is 5.93. The van der Waals surface area contributed by atoms with E-state index < -0.39 is 5.91 Å². The molecule has 20 heavy (non-hydrogen) atoms. The number of carbonyl (C=O) groups is 1. The highest BCUT2D eigenvalue weighted by Crippen LogP contribution is 2.24. The van der Waals surface area contributed by atoms with Crippen LogP contribution in [-0.4, -0.2) is 5.91 Å². The van der Waals surface area contributed by atoms with Crippen molar-refractivity contribution in [2.24, 2.45) is 5.73 Å². The number of primary amides is 1. The van der Waals surface area contributed by atoms with Crippen LogP contribution in [0.2, 0.25) is 0 Å². The number of carbonyl (C=O) groups excluding carboxylic acids is 1. The molecule has 0 bridgehead atoms. The largest absolute Gasteiger partial charge is 0.488 e. The van der Waals surface area contributed by atoms with E-state index in [1.165, 1.54) is 0 Å². The van der Waals surface area contributed by atoms with Gasteiger partial charge in [-0.05, 0) is 37.1 Å². The summed E-state index contributed by atoms with van der Waals surface area (Å²) in [6.07, 6.45) is 0. The molecule has 4 N–H and O–H groups in total. The second-order valence-electron chi connectivity index (χ2n) is 4.79. The fraction of sp³-hybridized carbons (Fsp3) is 0.188. The van der Waals surface area contributed by atoms with Crippen molar-refractivity contribution in [3.63, 3.8) is 0 Å². The molecule has 0 radical (unpaired) electrons. The molecule has 0 heterocycles. The van der Waals surface area contributed by atoms with Gasteiger partial charge in [-0.2, -0.15) is 0 Å². The third-order valence-corrected chi connectivity index (χ3v) is 3.21. The molecular formula is C16H18N2O2. The number of para-hydroxylation sites is 1. The molecule has 1 amide bonds. The average Bonchev–Trinajstić information content (AvgIpc) is 2.39. The minimum atomic E-state index is -0.487. The van der Waals surface area contributed by atoms with Gasteiger partial charge in [-0.25, -0.2) is 0 Å². The van der Waals surface area contributed by atoms with Crippen molar-refractivity contribution in [2.75, 3.05) is 5.73 Å². The number of hydrogen-bond donors (Lipinski definition) is 2. The minimum absolute atomic E-state index is 0.358. The van der Waals surface area contributed by atoms with E-state index in [1.54, 1.807) is 18.2 Å². The van der Waals surface area contributed by atoms with Gasteiger partial charge in [0.2, 0.25) is 5.91 Å². The third kappa shape index (κ3) is 2.91. The second kappa shape index (κ2) is 5.65. The predicted octanol–water partition coefficient (Wildman–Crippen LogP) is 2.56. The standard InChI is InChI=1S/C16H18N2O2/c1-10-4-3-5-11(2)15(10)20-9-13-7-6-12(16(18)19)8-14(13)17/h3-8H,9,17H2,1-2H3,(H2,18,19). The van der Waals surface area contributed by atoms with Crippen LogP contribution in [0.3, 0.4) is 0 Å². The molecule has 2 aromatic carbocycles. The summed E-state index contributed by atoms with van der Waals surface area (Å²) in [7, 11) is 0. The minimum Gasteiger partial charge on any atom is -0.488 e. The molecule has 104 valence electrons. The van der Waals surface area contributed by atoms with E-state index >= 15 is 0 Å². The maximum absolute atomic E-state index is 11.1. The second-order valence-corrected chi connectivity index (χ2v) is 4.79. The zero-order valence-corrected chi connectivity index (χ0v) is 11.6. The molecule has 0 aromatic heterocycles. The predicted molar refractivity (Wildman–Crippen MR) is 79.6 cm³/mol. The molecule has 2 aromatic rings. The highest BCUT2D eigenvalue weighted by Gasteiger charge is 2.07. The van der Waals surface area contributed by atoms with Crippen molar-refractivity contribution < 1.29 is 9.53 Å². The summed E-state index contributed by atoms with van der Waals surface area (Å²) in [6, 6.07) is 11.0. The molecule has 0 aliphatic rings. The Morgan fingerprint density at radius 2 is 1.80 bits per heavy atom. The Kier molecular flexibility index (Phi) is 3.94. The number of rotatable bonds is 4. The number of amides is 1. The number of ether oxygens (including phenoxy) is 1. The molecule has 0 unspecified atom stereocenters. The number of nitrogens with two attached hydrogens (primary N) is 2. The molecule has 4 nitrogen and oxygen atoms in total. The van der Waals surface area contributed by atoms with Crippen LogP contribution in [0.5, 0.6) is 5.75 Å². The first-order chi connectivity index (χ1) is 9.49. The van der Waals surface area contributed by atoms with Crippen LogP contribution < -0.4 is 16.2 Å². The molecule has 0 saturated heterocycles. The SMILES string of the molecule is Cc1cccc(C)c1OCc1ccc(C(N)=O)cc1N. The van der Waals surface area contributed by atoms with Crippen molar-refractivity contribution in [2.45, 2.75) is 20.5 Å². The first-order valence-corrected chi connectivity index (χ1v) is 6.36. The lowest BCUT2D eigenvalue weighted by Crippen LogP contribution is -2.12. The van der Waals surface area contributed by atoms with E-state index in [1.807, 2.05) is 32.0 Å². The van der Waals surface area contributed by atoms with Crippen LogP contribution in [0.1, 0.15) is 27.0 Å². The molecular weight excluding hydrogens is 252 g/mol. The van der Waals surface area contributed by atoms with E-state index in [9.17, 15) is 4.79 Å². The first kappa shape index (κ1) is 13.9. The van der Waals surface area contributed by atoms with Gasteiger partial charge < -0.3 is 16.2 Å². The fourth-order valence-electron chi connectivity index (χ4n) is 2.06. The maximum Gasteiger partial charge on any atom is 0.248 e. The Hall–Kier alpha value is -2.49. The molecule has 0 saturated carbocycles. The third-order valence-electron chi connectivity index (χ3n) is 3.21. The Labute approximate surface area is 118 Å². The van der Waals surface area contributed by atoms with Crippen LogP contribution in [0.25, 0.3) is 0 Å². The quantitative estimate of drug-likeness (QED) is 0.838. The van der Waals surface area contributed by atoms with Gasteiger partial charge in [0.05, 0.1) is 0 Å². The number of aryl methyl sites for hydroxylation is 2. The normalized spacial score (nSPS) is 10.3. The molecule has 0 atom stereocenters. The van der Waals surface area contributed by atoms with E-state index in [0.29, 0.717) is 17.9 Å². The van der Waals surface area contributed by atoms with Gasteiger partial charge in [0.25, 0.3) is 0 Å². The van der Waals surface area contributed by atoms with Gasteiger partial charge >= 0.3 is 0 Å². The van der Waals surface area contributed by atoms with Gasteiger partial charge in [-0.3, -0.25) is 4.79 Å². The Morgan fingerprint density at radius 1 is 1.15 bits per heavy atom. The molecule has 0 spiro atoms. The summed E-state index contributed by atoms with van der Waals surface area (Å²) in [5.41, 5.74) is 15.0. The van der Waals surface area contributed by atoms with Crippen LogP contribution in [0.4, 0.5) is 5.69 Å². The van der Waals surface area contributed by atoms with Crippen LogP contribution in [0.15, 0.2) is 36.4 Å². The average molecular weight is 270 g/mol. The number of anilines is 1. The van der Waals surface area contributed by atoms with Crippen molar-refractivity contribution in [1.82, 2.24) is 0 Å². The van der Waals surface area contributed by atoms with Crippen molar-refractivity contribution in [1.29, 1.82) is 0 Å². The Morgan fingerprint density at radius 3 is 2.35 bits per heavy atom. The molecule has 0 aliphatic carbocycles. The van der Waals surface area contributed by atoms with Gasteiger partial charge in [0.1, 0.15) is 12.4 Å². The van der Waals surface area contributed by atoms with Gasteiger partial charge in [0, 0.05) is 16.8 Å². The maximum atomic E-state index is 11.1. The van der Waals surface area contributed by atoms with E-state index in [-0.39, 0.29) is 0 Å². The summed E-state index contributed by atoms with van der Waals surface area (Å²) in [5.74, 6) is 0.379. The Bertz CT molecular complexity index is 631. The summed E-state index contributed by atoms with van der Waals surface area (Å²) in [4.78, 5) is 11.1. The van der Waals surface area contributed by atoms with Crippen LogP contribution in [0, 0.1) is 13.8 Å². The topological polar surface area (TPSA) is 78.3 Å². The lowest BCUT2D eigenvalue weighted by molar-refractivity contribution is 0.100. The smallest absolute Gasteiger partial charge is 0.248 e. The molecule has 0 fully saturated rings. The van der Waals surface area contributed by atoms with Crippen LogP contribution in [-0.2, 0) is 6.61 Å². The van der Waals surface area contributed by atoms with Crippen molar-refractivity contribution in [3.05, 3.63) is 58.7 Å². The Balaban J connectivity index is 2.17. The van der Waals surface area contributed by atoms with Gasteiger partial charge in [0.15, 0.2) is 0 Å².